The molecule has 0 atom stereocenters. The zero-order chi connectivity index (χ0) is 25.4. The fraction of sp³-hybridized carbons (Fsp3) is 0.345. The standard InChI is InChI=1S/C29H28BrNO5/c1-16-9-10-17(2)20(13-16)31-26(34)15-35-23-12-11-18(30)14-19(23)27-28-21(32)5-3-7-24(28)36-25-8-4-6-22(33)29(25)27/h9-14,27H,3-8,15H2,1-2H3,(H,31,34). The minimum absolute atomic E-state index is 0.00441. The summed E-state index contributed by atoms with van der Waals surface area (Å²) in [5.41, 5.74) is 4.56. The van der Waals surface area contributed by atoms with Crippen LogP contribution in [0.3, 0.4) is 0 Å². The van der Waals surface area contributed by atoms with Gasteiger partial charge in [0.1, 0.15) is 17.3 Å². The molecule has 0 saturated heterocycles. The van der Waals surface area contributed by atoms with Crippen molar-refractivity contribution in [3.63, 3.8) is 0 Å². The number of amides is 1. The summed E-state index contributed by atoms with van der Waals surface area (Å²) in [5, 5.41) is 2.92. The maximum atomic E-state index is 13.1. The molecule has 2 aromatic carbocycles. The fourth-order valence-corrected chi connectivity index (χ4v) is 5.58. The van der Waals surface area contributed by atoms with Crippen LogP contribution in [0, 0.1) is 13.8 Å². The van der Waals surface area contributed by atoms with Crippen LogP contribution in [0.25, 0.3) is 0 Å². The number of allylic oxidation sites excluding steroid dienone is 4. The van der Waals surface area contributed by atoms with Gasteiger partial charge in [0.05, 0.1) is 5.92 Å². The molecule has 1 aliphatic heterocycles. The number of hydrogen-bond acceptors (Lipinski definition) is 5. The van der Waals surface area contributed by atoms with Crippen LogP contribution in [0.5, 0.6) is 5.75 Å². The van der Waals surface area contributed by atoms with Gasteiger partial charge in [0.2, 0.25) is 0 Å². The molecular weight excluding hydrogens is 522 g/mol. The highest BCUT2D eigenvalue weighted by molar-refractivity contribution is 9.10. The number of ether oxygens (including phenoxy) is 2. The highest BCUT2D eigenvalue weighted by atomic mass is 79.9. The van der Waals surface area contributed by atoms with Crippen molar-refractivity contribution in [1.29, 1.82) is 0 Å². The first-order chi connectivity index (χ1) is 17.3. The maximum absolute atomic E-state index is 13.1. The zero-order valence-electron chi connectivity index (χ0n) is 20.4. The number of halogens is 1. The summed E-state index contributed by atoms with van der Waals surface area (Å²) >= 11 is 3.54. The van der Waals surface area contributed by atoms with E-state index in [9.17, 15) is 14.4 Å². The number of benzene rings is 2. The van der Waals surface area contributed by atoms with Gasteiger partial charge >= 0.3 is 0 Å². The normalized spacial score (nSPS) is 18.0. The molecule has 6 nitrogen and oxygen atoms in total. The number of nitrogens with one attached hydrogen (secondary N) is 1. The zero-order valence-corrected chi connectivity index (χ0v) is 22.0. The van der Waals surface area contributed by atoms with E-state index in [2.05, 4.69) is 21.2 Å². The van der Waals surface area contributed by atoms with Crippen LogP contribution in [0.1, 0.15) is 61.1 Å². The van der Waals surface area contributed by atoms with Crippen molar-refractivity contribution in [2.75, 3.05) is 11.9 Å². The second-order valence-corrected chi connectivity index (χ2v) is 10.5. The second-order valence-electron chi connectivity index (χ2n) is 9.60. The van der Waals surface area contributed by atoms with Crippen molar-refractivity contribution in [1.82, 2.24) is 0 Å². The number of anilines is 1. The van der Waals surface area contributed by atoms with E-state index in [1.165, 1.54) is 0 Å². The van der Waals surface area contributed by atoms with E-state index >= 15 is 0 Å². The van der Waals surface area contributed by atoms with Crippen LogP contribution < -0.4 is 10.1 Å². The second kappa shape index (κ2) is 10.1. The topological polar surface area (TPSA) is 81.7 Å². The summed E-state index contributed by atoms with van der Waals surface area (Å²) in [6.07, 6.45) is 3.68. The van der Waals surface area contributed by atoms with Crippen molar-refractivity contribution in [2.24, 2.45) is 0 Å². The molecule has 2 aromatic rings. The Bertz CT molecular complexity index is 1300. The third kappa shape index (κ3) is 4.76. The average molecular weight is 550 g/mol. The van der Waals surface area contributed by atoms with Crippen molar-refractivity contribution >= 4 is 39.1 Å². The van der Waals surface area contributed by atoms with E-state index in [1.807, 2.05) is 44.2 Å². The largest absolute Gasteiger partial charge is 0.483 e. The van der Waals surface area contributed by atoms with Crippen LogP contribution in [0.15, 0.2) is 63.5 Å². The minimum Gasteiger partial charge on any atom is -0.483 e. The lowest BCUT2D eigenvalue weighted by Gasteiger charge is -2.36. The lowest BCUT2D eigenvalue weighted by Crippen LogP contribution is -2.30. The molecule has 1 amide bonds. The Morgan fingerprint density at radius 2 is 1.64 bits per heavy atom. The van der Waals surface area contributed by atoms with Gasteiger partial charge in [0, 0.05) is 52.6 Å². The Kier molecular flexibility index (Phi) is 6.84. The van der Waals surface area contributed by atoms with Crippen LogP contribution in [-0.2, 0) is 19.1 Å². The Hall–Kier alpha value is -3.19. The molecule has 2 aliphatic carbocycles. The van der Waals surface area contributed by atoms with E-state index in [0.29, 0.717) is 59.7 Å². The van der Waals surface area contributed by atoms with Gasteiger partial charge in [0.25, 0.3) is 5.91 Å². The van der Waals surface area contributed by atoms with Crippen LogP contribution >= 0.6 is 15.9 Å². The molecule has 0 aromatic heterocycles. The van der Waals surface area contributed by atoms with E-state index in [1.54, 1.807) is 6.07 Å². The molecule has 0 fully saturated rings. The lowest BCUT2D eigenvalue weighted by molar-refractivity contribution is -0.119. The van der Waals surface area contributed by atoms with Gasteiger partial charge in [-0.15, -0.1) is 0 Å². The number of aryl methyl sites for hydroxylation is 2. The Morgan fingerprint density at radius 3 is 2.31 bits per heavy atom. The molecule has 5 rings (SSSR count). The molecule has 7 heteroatoms. The molecule has 186 valence electrons. The van der Waals surface area contributed by atoms with Crippen LogP contribution in [-0.4, -0.2) is 24.1 Å². The molecular formula is C29H28BrNO5. The van der Waals surface area contributed by atoms with Gasteiger partial charge < -0.3 is 14.8 Å². The summed E-state index contributed by atoms with van der Waals surface area (Å²) in [4.78, 5) is 39.0. The van der Waals surface area contributed by atoms with Gasteiger partial charge in [-0.3, -0.25) is 14.4 Å². The summed E-state index contributed by atoms with van der Waals surface area (Å²) in [6, 6.07) is 11.4. The Labute approximate surface area is 218 Å². The predicted octanol–water partition coefficient (Wildman–Crippen LogP) is 6.21. The summed E-state index contributed by atoms with van der Waals surface area (Å²) < 4.78 is 13.0. The van der Waals surface area contributed by atoms with Crippen LogP contribution in [0.4, 0.5) is 5.69 Å². The van der Waals surface area contributed by atoms with Gasteiger partial charge in [-0.05, 0) is 62.1 Å². The molecule has 0 bridgehead atoms. The Balaban J connectivity index is 1.48. The molecule has 0 radical (unpaired) electrons. The van der Waals surface area contributed by atoms with E-state index in [4.69, 9.17) is 9.47 Å². The minimum atomic E-state index is -0.557. The number of rotatable bonds is 5. The summed E-state index contributed by atoms with van der Waals surface area (Å²) in [6.45, 7) is 3.70. The van der Waals surface area contributed by atoms with Crippen molar-refractivity contribution in [2.45, 2.75) is 58.3 Å². The SMILES string of the molecule is Cc1ccc(C)c(NC(=O)COc2ccc(Br)cc2C2C3=C(CCCC3=O)OC3=C2C(=O)CCC3)c1. The molecule has 3 aliphatic rings. The van der Waals surface area contributed by atoms with Crippen molar-refractivity contribution < 1.29 is 23.9 Å². The molecule has 0 unspecified atom stereocenters. The van der Waals surface area contributed by atoms with E-state index in [-0.39, 0.29) is 24.1 Å². The molecule has 0 spiro atoms. The first kappa shape index (κ1) is 24.5. The van der Waals surface area contributed by atoms with E-state index in [0.717, 1.165) is 34.1 Å². The number of ketones is 2. The number of hydrogen-bond donors (Lipinski definition) is 1. The van der Waals surface area contributed by atoms with Gasteiger partial charge in [-0.2, -0.15) is 0 Å². The Morgan fingerprint density at radius 1 is 0.972 bits per heavy atom. The summed E-state index contributed by atoms with van der Waals surface area (Å²) in [5.74, 6) is 0.976. The number of carbonyl (C=O) groups excluding carboxylic acids is 3. The first-order valence-corrected chi connectivity index (χ1v) is 13.1. The number of Topliss-reactive ketones (excluding diaryl/α,β-unsaturated/α-hetero) is 2. The monoisotopic (exact) mass is 549 g/mol. The lowest BCUT2D eigenvalue weighted by atomic mass is 9.73. The highest BCUT2D eigenvalue weighted by Crippen LogP contribution is 2.50. The van der Waals surface area contributed by atoms with Crippen LogP contribution in [0.2, 0.25) is 0 Å². The van der Waals surface area contributed by atoms with E-state index < -0.39 is 5.92 Å². The third-order valence-electron chi connectivity index (χ3n) is 6.95. The van der Waals surface area contributed by atoms with Gasteiger partial charge in [0.15, 0.2) is 18.2 Å². The average Bonchev–Trinajstić information content (AvgIpc) is 2.84. The summed E-state index contributed by atoms with van der Waals surface area (Å²) in [7, 11) is 0. The number of carbonyl (C=O) groups is 3. The highest BCUT2D eigenvalue weighted by Gasteiger charge is 2.42. The maximum Gasteiger partial charge on any atom is 0.262 e. The quantitative estimate of drug-likeness (QED) is 0.479. The fourth-order valence-electron chi connectivity index (χ4n) is 5.21. The smallest absolute Gasteiger partial charge is 0.262 e. The molecule has 1 heterocycles. The molecule has 36 heavy (non-hydrogen) atoms. The molecule has 1 N–H and O–H groups in total. The first-order valence-electron chi connectivity index (χ1n) is 12.3. The third-order valence-corrected chi connectivity index (χ3v) is 7.44. The van der Waals surface area contributed by atoms with Gasteiger partial charge in [-0.25, -0.2) is 0 Å². The van der Waals surface area contributed by atoms with Crippen molar-refractivity contribution in [3.05, 3.63) is 80.2 Å². The van der Waals surface area contributed by atoms with Crippen molar-refractivity contribution in [3.8, 4) is 5.75 Å². The van der Waals surface area contributed by atoms with Gasteiger partial charge in [-0.1, -0.05) is 28.1 Å². The predicted molar refractivity (Wildman–Crippen MR) is 140 cm³/mol. The molecule has 0 saturated carbocycles.